The lowest BCUT2D eigenvalue weighted by Crippen LogP contribution is -2.32. The Kier molecular flexibility index (Phi) is 5.40. The third-order valence-electron chi connectivity index (χ3n) is 3.83. The summed E-state index contributed by atoms with van der Waals surface area (Å²) in [4.78, 5) is 12.1. The van der Waals surface area contributed by atoms with Gasteiger partial charge in [-0.15, -0.1) is 0 Å². The molecule has 1 unspecified atom stereocenters. The van der Waals surface area contributed by atoms with Crippen molar-refractivity contribution >= 4 is 11.7 Å². The third-order valence-corrected chi connectivity index (χ3v) is 3.83. The first-order valence-corrected chi connectivity index (χ1v) is 7.74. The minimum atomic E-state index is -0.721. The molecule has 0 fully saturated rings. The highest BCUT2D eigenvalue weighted by atomic mass is 16.3. The van der Waals surface area contributed by atoms with Gasteiger partial charge in [0.05, 0.1) is 6.10 Å². The minimum Gasteiger partial charge on any atom is -0.387 e. The Labute approximate surface area is 137 Å². The van der Waals surface area contributed by atoms with Crippen molar-refractivity contribution in [3.63, 3.8) is 0 Å². The molecule has 0 saturated heterocycles. The molecule has 1 atom stereocenters. The number of amides is 2. The van der Waals surface area contributed by atoms with Crippen LogP contribution in [-0.4, -0.2) is 17.7 Å². The van der Waals surface area contributed by atoms with Crippen LogP contribution in [0.3, 0.4) is 0 Å². The average Bonchev–Trinajstić information content (AvgIpc) is 2.49. The molecule has 4 heteroatoms. The highest BCUT2D eigenvalue weighted by molar-refractivity contribution is 5.91. The van der Waals surface area contributed by atoms with Crippen molar-refractivity contribution in [2.24, 2.45) is 0 Å². The fourth-order valence-electron chi connectivity index (χ4n) is 2.63. The summed E-state index contributed by atoms with van der Waals surface area (Å²) >= 11 is 0. The van der Waals surface area contributed by atoms with E-state index in [1.165, 1.54) is 5.56 Å². The first-order valence-electron chi connectivity index (χ1n) is 7.74. The average molecular weight is 312 g/mol. The number of nitrogens with one attached hydrogen (secondary N) is 2. The van der Waals surface area contributed by atoms with E-state index in [1.54, 1.807) is 0 Å². The zero-order valence-corrected chi connectivity index (χ0v) is 14.1. The molecule has 0 spiro atoms. The number of anilines is 1. The molecule has 0 saturated carbocycles. The third kappa shape index (κ3) is 4.57. The second-order valence-corrected chi connectivity index (χ2v) is 6.04. The minimum absolute atomic E-state index is 0.166. The van der Waals surface area contributed by atoms with E-state index in [9.17, 15) is 9.90 Å². The van der Waals surface area contributed by atoms with Gasteiger partial charge < -0.3 is 15.7 Å². The van der Waals surface area contributed by atoms with Gasteiger partial charge in [-0.25, -0.2) is 4.79 Å². The van der Waals surface area contributed by atoms with Gasteiger partial charge in [0.1, 0.15) is 0 Å². The van der Waals surface area contributed by atoms with Crippen LogP contribution in [0.1, 0.15) is 33.9 Å². The molecule has 0 aliphatic rings. The van der Waals surface area contributed by atoms with Crippen molar-refractivity contribution in [3.05, 3.63) is 64.2 Å². The van der Waals surface area contributed by atoms with Crippen LogP contribution < -0.4 is 10.6 Å². The molecule has 122 valence electrons. The fourth-order valence-corrected chi connectivity index (χ4v) is 2.63. The molecule has 2 aromatic rings. The van der Waals surface area contributed by atoms with Crippen molar-refractivity contribution < 1.29 is 9.90 Å². The van der Waals surface area contributed by atoms with Gasteiger partial charge in [0.15, 0.2) is 0 Å². The standard InChI is InChI=1S/C19H24N2O2/c1-12-5-7-16(8-6-12)17(22)11-20-19(23)21-18-14(3)9-13(2)10-15(18)4/h5-10,17,22H,11H2,1-4H3,(H2,20,21,23). The lowest BCUT2D eigenvalue weighted by atomic mass is 10.1. The summed E-state index contributed by atoms with van der Waals surface area (Å²) in [6, 6.07) is 11.4. The van der Waals surface area contributed by atoms with E-state index >= 15 is 0 Å². The molecule has 2 amide bonds. The molecule has 0 aromatic heterocycles. The maximum Gasteiger partial charge on any atom is 0.319 e. The van der Waals surface area contributed by atoms with Gasteiger partial charge in [0.25, 0.3) is 0 Å². The second-order valence-electron chi connectivity index (χ2n) is 6.04. The van der Waals surface area contributed by atoms with E-state index in [0.717, 1.165) is 27.9 Å². The van der Waals surface area contributed by atoms with Gasteiger partial charge in [-0.05, 0) is 44.4 Å². The van der Waals surface area contributed by atoms with Gasteiger partial charge in [-0.1, -0.05) is 47.5 Å². The van der Waals surface area contributed by atoms with E-state index in [0.29, 0.717) is 0 Å². The molecule has 23 heavy (non-hydrogen) atoms. The lowest BCUT2D eigenvalue weighted by Gasteiger charge is -2.16. The van der Waals surface area contributed by atoms with Crippen LogP contribution in [0, 0.1) is 27.7 Å². The van der Waals surface area contributed by atoms with Crippen molar-refractivity contribution in [1.82, 2.24) is 5.32 Å². The number of urea groups is 1. The Morgan fingerprint density at radius 3 is 2.13 bits per heavy atom. The number of carbonyl (C=O) groups excluding carboxylic acids is 1. The number of hydrogen-bond acceptors (Lipinski definition) is 2. The second kappa shape index (κ2) is 7.29. The Balaban J connectivity index is 1.94. The predicted molar refractivity (Wildman–Crippen MR) is 93.8 cm³/mol. The molecule has 0 radical (unpaired) electrons. The maximum atomic E-state index is 12.1. The van der Waals surface area contributed by atoms with Crippen molar-refractivity contribution in [2.45, 2.75) is 33.8 Å². The van der Waals surface area contributed by atoms with Crippen LogP contribution in [0.25, 0.3) is 0 Å². The Morgan fingerprint density at radius 1 is 1.00 bits per heavy atom. The Morgan fingerprint density at radius 2 is 1.57 bits per heavy atom. The molecular formula is C19H24N2O2. The summed E-state index contributed by atoms with van der Waals surface area (Å²) in [5.74, 6) is 0. The summed E-state index contributed by atoms with van der Waals surface area (Å²) in [5, 5.41) is 15.7. The van der Waals surface area contributed by atoms with Gasteiger partial charge >= 0.3 is 6.03 Å². The van der Waals surface area contributed by atoms with Gasteiger partial charge in [-0.2, -0.15) is 0 Å². The molecule has 4 nitrogen and oxygen atoms in total. The summed E-state index contributed by atoms with van der Waals surface area (Å²) < 4.78 is 0. The van der Waals surface area contributed by atoms with E-state index in [-0.39, 0.29) is 12.6 Å². The number of aliphatic hydroxyl groups is 1. The summed E-state index contributed by atoms with van der Waals surface area (Å²) in [6.45, 7) is 8.13. The van der Waals surface area contributed by atoms with E-state index in [2.05, 4.69) is 10.6 Å². The van der Waals surface area contributed by atoms with E-state index in [4.69, 9.17) is 0 Å². The Hall–Kier alpha value is -2.33. The normalized spacial score (nSPS) is 11.9. The van der Waals surface area contributed by atoms with Crippen LogP contribution in [0.2, 0.25) is 0 Å². The number of rotatable bonds is 4. The SMILES string of the molecule is Cc1ccc(C(O)CNC(=O)Nc2c(C)cc(C)cc2C)cc1. The van der Waals surface area contributed by atoms with Gasteiger partial charge in [0, 0.05) is 12.2 Å². The van der Waals surface area contributed by atoms with Crippen LogP contribution in [0.4, 0.5) is 10.5 Å². The molecule has 0 aliphatic carbocycles. The van der Waals surface area contributed by atoms with E-state index < -0.39 is 6.10 Å². The number of aliphatic hydroxyl groups excluding tert-OH is 1. The van der Waals surface area contributed by atoms with Crippen LogP contribution >= 0.6 is 0 Å². The quantitative estimate of drug-likeness (QED) is 0.804. The fraction of sp³-hybridized carbons (Fsp3) is 0.316. The summed E-state index contributed by atoms with van der Waals surface area (Å²) in [7, 11) is 0. The Bertz CT molecular complexity index is 670. The first kappa shape index (κ1) is 17.0. The van der Waals surface area contributed by atoms with Crippen molar-refractivity contribution in [1.29, 1.82) is 0 Å². The molecule has 0 bridgehead atoms. The lowest BCUT2D eigenvalue weighted by molar-refractivity contribution is 0.175. The maximum absolute atomic E-state index is 12.1. The highest BCUT2D eigenvalue weighted by Crippen LogP contribution is 2.21. The highest BCUT2D eigenvalue weighted by Gasteiger charge is 2.11. The number of carbonyl (C=O) groups is 1. The van der Waals surface area contributed by atoms with Crippen LogP contribution in [0.15, 0.2) is 36.4 Å². The summed E-state index contributed by atoms with van der Waals surface area (Å²) in [5.41, 5.74) is 5.96. The molecule has 2 aromatic carbocycles. The van der Waals surface area contributed by atoms with Crippen molar-refractivity contribution in [2.75, 3.05) is 11.9 Å². The van der Waals surface area contributed by atoms with Crippen LogP contribution in [-0.2, 0) is 0 Å². The monoisotopic (exact) mass is 312 g/mol. The number of aryl methyl sites for hydroxylation is 4. The smallest absolute Gasteiger partial charge is 0.319 e. The molecule has 2 rings (SSSR count). The largest absolute Gasteiger partial charge is 0.387 e. The van der Waals surface area contributed by atoms with E-state index in [1.807, 2.05) is 64.1 Å². The topological polar surface area (TPSA) is 61.4 Å². The molecule has 0 heterocycles. The molecular weight excluding hydrogens is 288 g/mol. The number of benzene rings is 2. The zero-order chi connectivity index (χ0) is 17.0. The first-order chi connectivity index (χ1) is 10.9. The number of hydrogen-bond donors (Lipinski definition) is 3. The summed E-state index contributed by atoms with van der Waals surface area (Å²) in [6.07, 6.45) is -0.721. The molecule has 0 aliphatic heterocycles. The van der Waals surface area contributed by atoms with Crippen LogP contribution in [0.5, 0.6) is 0 Å². The zero-order valence-electron chi connectivity index (χ0n) is 14.1. The predicted octanol–water partition coefficient (Wildman–Crippen LogP) is 3.78. The van der Waals surface area contributed by atoms with Crippen molar-refractivity contribution in [3.8, 4) is 0 Å². The van der Waals surface area contributed by atoms with Gasteiger partial charge in [-0.3, -0.25) is 0 Å². The van der Waals surface area contributed by atoms with Gasteiger partial charge in [0.2, 0.25) is 0 Å². The molecule has 3 N–H and O–H groups in total.